The molecule has 0 unspecified atom stereocenters. The summed E-state index contributed by atoms with van der Waals surface area (Å²) in [5.41, 5.74) is -0.421. The van der Waals surface area contributed by atoms with Crippen LogP contribution in [0.3, 0.4) is 0 Å². The van der Waals surface area contributed by atoms with Gasteiger partial charge in [-0.2, -0.15) is 13.2 Å². The van der Waals surface area contributed by atoms with Crippen molar-refractivity contribution in [2.24, 2.45) is 5.92 Å². The normalized spacial score (nSPS) is 16.0. The number of benzene rings is 1. The SMILES string of the molecule is CN(C)C(=O)N1CCC(C(=O)Nc2ccc(C(F)(F)F)cc2)CC1. The van der Waals surface area contributed by atoms with Crippen LogP contribution >= 0.6 is 0 Å². The Labute approximate surface area is 138 Å². The fourth-order valence-electron chi connectivity index (χ4n) is 2.60. The first kappa shape index (κ1) is 18.1. The Morgan fingerprint density at radius 2 is 1.67 bits per heavy atom. The van der Waals surface area contributed by atoms with Gasteiger partial charge in [0.25, 0.3) is 0 Å². The van der Waals surface area contributed by atoms with Gasteiger partial charge in [-0.1, -0.05) is 0 Å². The first-order valence-electron chi connectivity index (χ1n) is 7.63. The number of halogens is 3. The molecule has 1 aromatic rings. The van der Waals surface area contributed by atoms with Crippen LogP contribution in [0.15, 0.2) is 24.3 Å². The smallest absolute Gasteiger partial charge is 0.331 e. The number of nitrogens with zero attached hydrogens (tertiary/aromatic N) is 2. The molecule has 132 valence electrons. The summed E-state index contributed by atoms with van der Waals surface area (Å²) in [6.45, 7) is 0.976. The summed E-state index contributed by atoms with van der Waals surface area (Å²) < 4.78 is 37.5. The zero-order chi connectivity index (χ0) is 17.9. The van der Waals surface area contributed by atoms with Crippen LogP contribution < -0.4 is 5.32 Å². The summed E-state index contributed by atoms with van der Waals surface area (Å²) in [6.07, 6.45) is -3.33. The molecule has 1 aromatic carbocycles. The van der Waals surface area contributed by atoms with Crippen molar-refractivity contribution in [3.63, 3.8) is 0 Å². The van der Waals surface area contributed by atoms with Gasteiger partial charge in [-0.05, 0) is 37.1 Å². The second-order valence-electron chi connectivity index (χ2n) is 6.00. The Morgan fingerprint density at radius 1 is 1.12 bits per heavy atom. The van der Waals surface area contributed by atoms with E-state index < -0.39 is 11.7 Å². The van der Waals surface area contributed by atoms with Gasteiger partial charge in [0.15, 0.2) is 0 Å². The van der Waals surface area contributed by atoms with E-state index in [0.29, 0.717) is 31.6 Å². The van der Waals surface area contributed by atoms with E-state index in [4.69, 9.17) is 0 Å². The van der Waals surface area contributed by atoms with E-state index in [1.165, 1.54) is 17.0 Å². The quantitative estimate of drug-likeness (QED) is 0.897. The Morgan fingerprint density at radius 3 is 2.12 bits per heavy atom. The molecule has 1 aliphatic rings. The molecule has 0 bridgehead atoms. The molecule has 0 radical (unpaired) electrons. The lowest BCUT2D eigenvalue weighted by Crippen LogP contribution is -2.45. The van der Waals surface area contributed by atoms with Crippen LogP contribution in [0.5, 0.6) is 0 Å². The van der Waals surface area contributed by atoms with Crippen LogP contribution in [0.4, 0.5) is 23.7 Å². The third-order valence-electron chi connectivity index (χ3n) is 4.00. The average Bonchev–Trinajstić information content (AvgIpc) is 2.54. The van der Waals surface area contributed by atoms with Gasteiger partial charge in [0.05, 0.1) is 5.56 Å². The molecular formula is C16H20F3N3O2. The Hall–Kier alpha value is -2.25. The maximum Gasteiger partial charge on any atom is 0.416 e. The summed E-state index contributed by atoms with van der Waals surface area (Å²) in [6, 6.07) is 4.27. The predicted molar refractivity (Wildman–Crippen MR) is 83.5 cm³/mol. The minimum atomic E-state index is -4.39. The molecule has 2 rings (SSSR count). The molecule has 8 heteroatoms. The summed E-state index contributed by atoms with van der Waals surface area (Å²) in [5.74, 6) is -0.481. The maximum absolute atomic E-state index is 12.5. The second-order valence-corrected chi connectivity index (χ2v) is 6.00. The number of carbonyl (C=O) groups excluding carboxylic acids is 2. The van der Waals surface area contributed by atoms with Crippen LogP contribution in [0.2, 0.25) is 0 Å². The molecule has 3 amide bonds. The summed E-state index contributed by atoms with van der Waals surface area (Å²) in [5, 5.41) is 2.64. The van der Waals surface area contributed by atoms with Crippen molar-refractivity contribution in [2.45, 2.75) is 19.0 Å². The van der Waals surface area contributed by atoms with Gasteiger partial charge in [-0.3, -0.25) is 4.79 Å². The highest BCUT2D eigenvalue weighted by atomic mass is 19.4. The van der Waals surface area contributed by atoms with Gasteiger partial charge in [0.2, 0.25) is 5.91 Å². The Bertz CT molecular complexity index is 592. The van der Waals surface area contributed by atoms with E-state index in [1.54, 1.807) is 19.0 Å². The van der Waals surface area contributed by atoms with Crippen molar-refractivity contribution in [1.29, 1.82) is 0 Å². The molecule has 1 heterocycles. The zero-order valence-electron chi connectivity index (χ0n) is 13.6. The van der Waals surface area contributed by atoms with Gasteiger partial charge in [-0.15, -0.1) is 0 Å². The van der Waals surface area contributed by atoms with E-state index in [2.05, 4.69) is 5.32 Å². The number of carbonyl (C=O) groups is 2. The molecule has 5 nitrogen and oxygen atoms in total. The van der Waals surface area contributed by atoms with Gasteiger partial charge in [0, 0.05) is 38.8 Å². The maximum atomic E-state index is 12.5. The summed E-state index contributed by atoms with van der Waals surface area (Å²) in [7, 11) is 3.34. The van der Waals surface area contributed by atoms with Gasteiger partial charge in [0.1, 0.15) is 0 Å². The molecule has 0 aromatic heterocycles. The van der Waals surface area contributed by atoms with Crippen LogP contribution in [0.1, 0.15) is 18.4 Å². The van der Waals surface area contributed by atoms with E-state index >= 15 is 0 Å². The number of likely N-dealkylation sites (tertiary alicyclic amines) is 1. The fraction of sp³-hybridized carbons (Fsp3) is 0.500. The zero-order valence-corrected chi connectivity index (χ0v) is 13.6. The topological polar surface area (TPSA) is 52.7 Å². The first-order valence-corrected chi connectivity index (χ1v) is 7.63. The van der Waals surface area contributed by atoms with Crippen molar-refractivity contribution in [1.82, 2.24) is 9.80 Å². The monoisotopic (exact) mass is 343 g/mol. The highest BCUT2D eigenvalue weighted by Crippen LogP contribution is 2.30. The highest BCUT2D eigenvalue weighted by Gasteiger charge is 2.30. The standard InChI is InChI=1S/C16H20F3N3O2/c1-21(2)15(24)22-9-7-11(8-10-22)14(23)20-13-5-3-12(4-6-13)16(17,18)19/h3-6,11H,7-10H2,1-2H3,(H,20,23). The molecule has 0 atom stereocenters. The van der Waals surface area contributed by atoms with Crippen LogP contribution in [0.25, 0.3) is 0 Å². The van der Waals surface area contributed by atoms with Gasteiger partial charge >= 0.3 is 12.2 Å². The van der Waals surface area contributed by atoms with E-state index in [-0.39, 0.29) is 17.9 Å². The van der Waals surface area contributed by atoms with Crippen LogP contribution in [-0.4, -0.2) is 48.9 Å². The lowest BCUT2D eigenvalue weighted by Gasteiger charge is -2.33. The fourth-order valence-corrected chi connectivity index (χ4v) is 2.60. The molecule has 0 saturated carbocycles. The molecule has 0 aliphatic carbocycles. The lowest BCUT2D eigenvalue weighted by molar-refractivity contribution is -0.137. The molecule has 1 fully saturated rings. The number of piperidine rings is 1. The van der Waals surface area contributed by atoms with Crippen LogP contribution in [0, 0.1) is 5.92 Å². The molecule has 0 spiro atoms. The second kappa shape index (κ2) is 7.11. The predicted octanol–water partition coefficient (Wildman–Crippen LogP) is 3.04. The van der Waals surface area contributed by atoms with Crippen molar-refractivity contribution in [3.05, 3.63) is 29.8 Å². The largest absolute Gasteiger partial charge is 0.416 e. The molecule has 24 heavy (non-hydrogen) atoms. The third kappa shape index (κ3) is 4.39. The van der Waals surface area contributed by atoms with Gasteiger partial charge < -0.3 is 15.1 Å². The van der Waals surface area contributed by atoms with Crippen molar-refractivity contribution >= 4 is 17.6 Å². The number of urea groups is 1. The van der Waals surface area contributed by atoms with E-state index in [0.717, 1.165) is 12.1 Å². The minimum absolute atomic E-state index is 0.0865. The number of alkyl halides is 3. The van der Waals surface area contributed by atoms with E-state index in [1.807, 2.05) is 0 Å². The van der Waals surface area contributed by atoms with Crippen molar-refractivity contribution in [3.8, 4) is 0 Å². The van der Waals surface area contributed by atoms with Gasteiger partial charge in [-0.25, -0.2) is 4.79 Å². The molecule has 1 aliphatic heterocycles. The molecule has 1 N–H and O–H groups in total. The number of anilines is 1. The average molecular weight is 343 g/mol. The number of amides is 3. The highest BCUT2D eigenvalue weighted by molar-refractivity contribution is 5.92. The number of nitrogens with one attached hydrogen (secondary N) is 1. The lowest BCUT2D eigenvalue weighted by atomic mass is 9.96. The first-order chi connectivity index (χ1) is 11.2. The number of rotatable bonds is 2. The molecular weight excluding hydrogens is 323 g/mol. The molecule has 1 saturated heterocycles. The van der Waals surface area contributed by atoms with Crippen molar-refractivity contribution < 1.29 is 22.8 Å². The number of hydrogen-bond donors (Lipinski definition) is 1. The Balaban J connectivity index is 1.89. The minimum Gasteiger partial charge on any atom is -0.331 e. The van der Waals surface area contributed by atoms with E-state index in [9.17, 15) is 22.8 Å². The van der Waals surface area contributed by atoms with Crippen LogP contribution in [-0.2, 0) is 11.0 Å². The summed E-state index contributed by atoms with van der Waals surface area (Å²) >= 11 is 0. The number of hydrogen-bond acceptors (Lipinski definition) is 2. The third-order valence-corrected chi connectivity index (χ3v) is 4.00. The van der Waals surface area contributed by atoms with Crippen molar-refractivity contribution in [2.75, 3.05) is 32.5 Å². The Kier molecular flexibility index (Phi) is 5.36. The summed E-state index contributed by atoms with van der Waals surface area (Å²) in [4.78, 5) is 27.2.